The van der Waals surface area contributed by atoms with E-state index < -0.39 is 23.8 Å². The summed E-state index contributed by atoms with van der Waals surface area (Å²) in [7, 11) is 0. The van der Waals surface area contributed by atoms with Crippen LogP contribution in [0.3, 0.4) is 0 Å². The normalized spacial score (nSPS) is 14.7. The third kappa shape index (κ3) is 4.61. The lowest BCUT2D eigenvalue weighted by molar-refractivity contribution is -0.155. The summed E-state index contributed by atoms with van der Waals surface area (Å²) in [6.45, 7) is 1.78. The fourth-order valence-corrected chi connectivity index (χ4v) is 3.09. The molecular weight excluding hydrogens is 406 g/mol. The Kier molecular flexibility index (Phi) is 5.74. The summed E-state index contributed by atoms with van der Waals surface area (Å²) >= 11 is 0. The first-order valence-corrected chi connectivity index (χ1v) is 9.59. The number of carbonyl (C=O) groups is 2. The topological polar surface area (TPSA) is 113 Å². The molecule has 4 rings (SSSR count). The molecule has 0 spiro atoms. The molecule has 1 N–H and O–H groups in total. The van der Waals surface area contributed by atoms with Gasteiger partial charge in [0.1, 0.15) is 18.8 Å². The molecule has 2 aromatic carbocycles. The second-order valence-electron chi connectivity index (χ2n) is 6.62. The molecule has 1 aliphatic rings. The monoisotopic (exact) mass is 425 g/mol. The highest BCUT2D eigenvalue weighted by Gasteiger charge is 2.28. The fraction of sp³-hybridized carbons (Fsp3) is 0.227. The van der Waals surface area contributed by atoms with Crippen LogP contribution in [0.4, 0.5) is 10.5 Å². The van der Waals surface area contributed by atoms with Crippen LogP contribution in [-0.2, 0) is 20.9 Å². The van der Waals surface area contributed by atoms with Crippen molar-refractivity contribution in [3.8, 4) is 11.5 Å². The minimum absolute atomic E-state index is 0.0242. The first kappa shape index (κ1) is 20.3. The van der Waals surface area contributed by atoms with Gasteiger partial charge in [-0.25, -0.2) is 14.4 Å². The van der Waals surface area contributed by atoms with Gasteiger partial charge in [0.15, 0.2) is 11.5 Å². The number of esters is 1. The van der Waals surface area contributed by atoms with Crippen LogP contribution < -0.4 is 20.4 Å². The van der Waals surface area contributed by atoms with Gasteiger partial charge in [-0.2, -0.15) is 0 Å². The van der Waals surface area contributed by atoms with E-state index >= 15 is 0 Å². The molecule has 31 heavy (non-hydrogen) atoms. The van der Waals surface area contributed by atoms with Crippen LogP contribution in [0.25, 0.3) is 11.0 Å². The third-order valence-corrected chi connectivity index (χ3v) is 4.49. The van der Waals surface area contributed by atoms with Crippen LogP contribution in [0.15, 0.2) is 57.7 Å². The Morgan fingerprint density at radius 3 is 2.71 bits per heavy atom. The molecule has 0 bridgehead atoms. The lowest BCUT2D eigenvalue weighted by atomic mass is 10.1. The van der Waals surface area contributed by atoms with Crippen LogP contribution in [0, 0.1) is 0 Å². The van der Waals surface area contributed by atoms with Crippen molar-refractivity contribution in [2.75, 3.05) is 18.5 Å². The van der Waals surface area contributed by atoms with Crippen LogP contribution in [0.2, 0.25) is 0 Å². The Morgan fingerprint density at radius 1 is 1.10 bits per heavy atom. The van der Waals surface area contributed by atoms with Crippen LogP contribution in [0.5, 0.6) is 11.5 Å². The van der Waals surface area contributed by atoms with E-state index in [0.29, 0.717) is 28.1 Å². The minimum atomic E-state index is -0.915. The molecule has 1 aliphatic heterocycles. The van der Waals surface area contributed by atoms with E-state index in [9.17, 15) is 14.4 Å². The molecule has 9 nitrogen and oxygen atoms in total. The van der Waals surface area contributed by atoms with Crippen molar-refractivity contribution >= 4 is 28.7 Å². The Bertz CT molecular complexity index is 1190. The van der Waals surface area contributed by atoms with Crippen molar-refractivity contribution < 1.29 is 33.0 Å². The van der Waals surface area contributed by atoms with Gasteiger partial charge in [0.05, 0.1) is 6.61 Å². The number of para-hydroxylation sites is 2. The lowest BCUT2D eigenvalue weighted by Gasteiger charge is -2.24. The lowest BCUT2D eigenvalue weighted by Crippen LogP contribution is -2.37. The first-order chi connectivity index (χ1) is 15.0. The van der Waals surface area contributed by atoms with Crippen LogP contribution in [-0.4, -0.2) is 31.4 Å². The van der Waals surface area contributed by atoms with Gasteiger partial charge >= 0.3 is 17.7 Å². The Morgan fingerprint density at radius 2 is 1.90 bits per heavy atom. The molecule has 9 heteroatoms. The molecule has 0 fully saturated rings. The van der Waals surface area contributed by atoms with E-state index in [2.05, 4.69) is 5.32 Å². The number of nitrogens with one attached hydrogen (secondary N) is 1. The van der Waals surface area contributed by atoms with Gasteiger partial charge in [0.25, 0.3) is 0 Å². The zero-order chi connectivity index (χ0) is 21.8. The second kappa shape index (κ2) is 8.78. The predicted molar refractivity (Wildman–Crippen MR) is 109 cm³/mol. The van der Waals surface area contributed by atoms with Gasteiger partial charge in [-0.3, -0.25) is 5.32 Å². The Hall–Kier alpha value is -4.01. The Balaban J connectivity index is 1.47. The van der Waals surface area contributed by atoms with E-state index in [1.807, 2.05) is 0 Å². The fourth-order valence-electron chi connectivity index (χ4n) is 3.09. The number of hydrogen-bond donors (Lipinski definition) is 1. The van der Waals surface area contributed by atoms with E-state index in [-0.39, 0.29) is 25.4 Å². The van der Waals surface area contributed by atoms with Crippen molar-refractivity contribution in [3.05, 3.63) is 64.5 Å². The largest absolute Gasteiger partial charge is 0.485 e. The minimum Gasteiger partial charge on any atom is -0.485 e. The summed E-state index contributed by atoms with van der Waals surface area (Å²) in [5.41, 5.74) is 0.478. The smallest absolute Gasteiger partial charge is 0.411 e. The summed E-state index contributed by atoms with van der Waals surface area (Å²) in [6, 6.07) is 13.1. The van der Waals surface area contributed by atoms with Crippen molar-refractivity contribution in [2.45, 2.75) is 19.6 Å². The summed E-state index contributed by atoms with van der Waals surface area (Å²) in [5.74, 6) is 0.407. The Labute approximate surface area is 176 Å². The molecule has 1 aromatic heterocycles. The van der Waals surface area contributed by atoms with E-state index in [1.54, 1.807) is 43.3 Å². The van der Waals surface area contributed by atoms with Gasteiger partial charge in [0.2, 0.25) is 6.10 Å². The zero-order valence-corrected chi connectivity index (χ0v) is 16.6. The standard InChI is InChI=1S/C22H19NO8/c1-2-27-22(26)23-14-7-8-15-13(9-20(24)31-18(15)10-14)11-29-21(25)19-12-28-16-5-3-4-6-17(16)30-19/h3-10,19H,2,11-12H2,1H3,(H,23,26)/t19-/m0/s1. The van der Waals surface area contributed by atoms with E-state index in [4.69, 9.17) is 23.4 Å². The number of anilines is 1. The summed E-state index contributed by atoms with van der Waals surface area (Å²) in [6.07, 6.45) is -1.53. The molecule has 2 heterocycles. The highest BCUT2D eigenvalue weighted by Crippen LogP contribution is 2.31. The summed E-state index contributed by atoms with van der Waals surface area (Å²) in [5, 5.41) is 3.10. The second-order valence-corrected chi connectivity index (χ2v) is 6.62. The molecule has 0 radical (unpaired) electrons. The van der Waals surface area contributed by atoms with Gasteiger partial charge in [-0.05, 0) is 31.2 Å². The van der Waals surface area contributed by atoms with Crippen LogP contribution >= 0.6 is 0 Å². The maximum atomic E-state index is 12.4. The number of fused-ring (bicyclic) bond motifs is 2. The van der Waals surface area contributed by atoms with Gasteiger partial charge in [-0.1, -0.05) is 12.1 Å². The summed E-state index contributed by atoms with van der Waals surface area (Å²) in [4.78, 5) is 36.0. The highest BCUT2D eigenvalue weighted by molar-refractivity contribution is 5.90. The van der Waals surface area contributed by atoms with Gasteiger partial charge in [0, 0.05) is 28.8 Å². The molecule has 1 amide bonds. The third-order valence-electron chi connectivity index (χ3n) is 4.49. The van der Waals surface area contributed by atoms with E-state index in [0.717, 1.165) is 0 Å². The molecule has 0 saturated carbocycles. The van der Waals surface area contributed by atoms with Gasteiger partial charge in [-0.15, -0.1) is 0 Å². The number of hydrogen-bond acceptors (Lipinski definition) is 8. The van der Waals surface area contributed by atoms with Crippen molar-refractivity contribution in [2.24, 2.45) is 0 Å². The molecular formula is C22H19NO8. The van der Waals surface area contributed by atoms with Crippen LogP contribution in [0.1, 0.15) is 12.5 Å². The molecule has 1 atom stereocenters. The molecule has 0 saturated heterocycles. The average molecular weight is 425 g/mol. The maximum Gasteiger partial charge on any atom is 0.411 e. The SMILES string of the molecule is CCOC(=O)Nc1ccc2c(COC(=O)[C@@H]3COc4ccccc4O3)cc(=O)oc2c1. The number of benzene rings is 2. The zero-order valence-electron chi connectivity index (χ0n) is 16.6. The first-order valence-electron chi connectivity index (χ1n) is 9.59. The van der Waals surface area contributed by atoms with Crippen molar-refractivity contribution in [1.29, 1.82) is 0 Å². The maximum absolute atomic E-state index is 12.4. The predicted octanol–water partition coefficient (Wildman–Crippen LogP) is 3.24. The van der Waals surface area contributed by atoms with Crippen molar-refractivity contribution in [3.63, 3.8) is 0 Å². The van der Waals surface area contributed by atoms with Gasteiger partial charge < -0.3 is 23.4 Å². The summed E-state index contributed by atoms with van der Waals surface area (Å²) < 4.78 is 26.6. The molecule has 0 aliphatic carbocycles. The molecule has 3 aromatic rings. The number of amides is 1. The average Bonchev–Trinajstić information content (AvgIpc) is 2.76. The number of ether oxygens (including phenoxy) is 4. The van der Waals surface area contributed by atoms with E-state index in [1.165, 1.54) is 12.1 Å². The number of rotatable bonds is 5. The number of carbonyl (C=O) groups excluding carboxylic acids is 2. The van der Waals surface area contributed by atoms with Crippen molar-refractivity contribution in [1.82, 2.24) is 0 Å². The highest BCUT2D eigenvalue weighted by atomic mass is 16.6. The molecule has 160 valence electrons. The quantitative estimate of drug-likeness (QED) is 0.490. The molecule has 0 unspecified atom stereocenters.